The molecule has 0 saturated heterocycles. The lowest BCUT2D eigenvalue weighted by Gasteiger charge is -2.17. The second kappa shape index (κ2) is 6.41. The fraction of sp³-hybridized carbons (Fsp3) is 0.214. The molecule has 4 nitrogen and oxygen atoms in total. The zero-order valence-corrected chi connectivity index (χ0v) is 10.9. The lowest BCUT2D eigenvalue weighted by molar-refractivity contribution is 0.0902. The van der Waals surface area contributed by atoms with Crippen LogP contribution in [0.15, 0.2) is 46.9 Å². The molecule has 1 unspecified atom stereocenters. The number of amides is 1. The first-order chi connectivity index (χ1) is 9.20. The quantitative estimate of drug-likeness (QED) is 0.885. The highest BCUT2D eigenvalue weighted by molar-refractivity contribution is 6.29. The van der Waals surface area contributed by atoms with Crippen molar-refractivity contribution >= 4 is 17.5 Å². The molecule has 0 fully saturated rings. The van der Waals surface area contributed by atoms with Gasteiger partial charge in [0, 0.05) is 6.61 Å². The van der Waals surface area contributed by atoms with Crippen molar-refractivity contribution in [2.45, 2.75) is 12.5 Å². The molecule has 5 heteroatoms. The van der Waals surface area contributed by atoms with E-state index in [9.17, 15) is 4.79 Å². The number of aliphatic hydroxyl groups excluding tert-OH is 1. The summed E-state index contributed by atoms with van der Waals surface area (Å²) in [5, 5.41) is 12.1. The molecule has 1 aromatic carbocycles. The molecule has 0 aliphatic heterocycles. The van der Waals surface area contributed by atoms with Gasteiger partial charge in [-0.15, -0.1) is 0 Å². The van der Waals surface area contributed by atoms with Crippen LogP contribution in [0.3, 0.4) is 0 Å². The van der Waals surface area contributed by atoms with E-state index in [2.05, 4.69) is 5.32 Å². The molecule has 1 atom stereocenters. The van der Waals surface area contributed by atoms with Gasteiger partial charge in [0.2, 0.25) is 0 Å². The van der Waals surface area contributed by atoms with E-state index in [0.717, 1.165) is 5.56 Å². The van der Waals surface area contributed by atoms with Gasteiger partial charge in [-0.05, 0) is 35.7 Å². The Bertz CT molecular complexity index is 539. The van der Waals surface area contributed by atoms with Gasteiger partial charge < -0.3 is 14.8 Å². The third-order valence-corrected chi connectivity index (χ3v) is 2.93. The molecule has 2 aromatic rings. The van der Waals surface area contributed by atoms with Crippen molar-refractivity contribution in [1.82, 2.24) is 5.32 Å². The predicted molar refractivity (Wildman–Crippen MR) is 72.1 cm³/mol. The van der Waals surface area contributed by atoms with Crippen LogP contribution in [-0.2, 0) is 0 Å². The van der Waals surface area contributed by atoms with Gasteiger partial charge >= 0.3 is 0 Å². The van der Waals surface area contributed by atoms with Crippen molar-refractivity contribution in [3.8, 4) is 0 Å². The summed E-state index contributed by atoms with van der Waals surface area (Å²) in [5.74, 6) is -0.196. The van der Waals surface area contributed by atoms with E-state index < -0.39 is 0 Å². The van der Waals surface area contributed by atoms with Crippen LogP contribution < -0.4 is 5.32 Å². The van der Waals surface area contributed by atoms with Gasteiger partial charge in [-0.3, -0.25) is 4.79 Å². The lowest BCUT2D eigenvalue weighted by atomic mass is 10.0. The number of carbonyl (C=O) groups excluding carboxylic acids is 1. The Labute approximate surface area is 116 Å². The highest BCUT2D eigenvalue weighted by Crippen LogP contribution is 2.18. The first-order valence-electron chi connectivity index (χ1n) is 5.92. The van der Waals surface area contributed by atoms with E-state index >= 15 is 0 Å². The second-order valence-corrected chi connectivity index (χ2v) is 4.43. The molecule has 100 valence electrons. The third-order valence-electron chi connectivity index (χ3n) is 2.72. The highest BCUT2D eigenvalue weighted by Gasteiger charge is 2.17. The smallest absolute Gasteiger partial charge is 0.287 e. The summed E-state index contributed by atoms with van der Waals surface area (Å²) < 4.78 is 5.05. The molecule has 2 N–H and O–H groups in total. The standard InChI is InChI=1S/C14H14ClNO3/c15-13-7-6-12(19-13)14(18)16-11(8-9-17)10-4-2-1-3-5-10/h1-7,11,17H,8-9H2,(H,16,18). The lowest BCUT2D eigenvalue weighted by Crippen LogP contribution is -2.28. The Morgan fingerprint density at radius 3 is 2.58 bits per heavy atom. The van der Waals surface area contributed by atoms with Gasteiger partial charge in [-0.1, -0.05) is 30.3 Å². The zero-order valence-electron chi connectivity index (χ0n) is 10.2. The van der Waals surface area contributed by atoms with Crippen molar-refractivity contribution in [1.29, 1.82) is 0 Å². The summed E-state index contributed by atoms with van der Waals surface area (Å²) in [7, 11) is 0. The Hall–Kier alpha value is -1.78. The normalized spacial score (nSPS) is 12.1. The summed E-state index contributed by atoms with van der Waals surface area (Å²) in [6.07, 6.45) is 0.435. The van der Waals surface area contributed by atoms with Crippen LogP contribution in [0.25, 0.3) is 0 Å². The maximum absolute atomic E-state index is 12.0. The van der Waals surface area contributed by atoms with E-state index in [-0.39, 0.29) is 29.5 Å². The fourth-order valence-corrected chi connectivity index (χ4v) is 1.95. The van der Waals surface area contributed by atoms with Crippen LogP contribution in [0.1, 0.15) is 28.6 Å². The van der Waals surface area contributed by atoms with Crippen LogP contribution in [0, 0.1) is 0 Å². The first-order valence-corrected chi connectivity index (χ1v) is 6.30. The summed E-state index contributed by atoms with van der Waals surface area (Å²) in [6.45, 7) is -0.0151. The Kier molecular flexibility index (Phi) is 4.60. The minimum absolute atomic E-state index is 0.0151. The van der Waals surface area contributed by atoms with E-state index in [0.29, 0.717) is 6.42 Å². The number of benzene rings is 1. The maximum Gasteiger partial charge on any atom is 0.287 e. The predicted octanol–water partition coefficient (Wildman–Crippen LogP) is 2.79. The van der Waals surface area contributed by atoms with E-state index in [1.807, 2.05) is 30.3 Å². The number of rotatable bonds is 5. The topological polar surface area (TPSA) is 62.5 Å². The molecular formula is C14H14ClNO3. The van der Waals surface area contributed by atoms with Gasteiger partial charge in [-0.2, -0.15) is 0 Å². The third kappa shape index (κ3) is 3.59. The van der Waals surface area contributed by atoms with Crippen LogP contribution in [0.5, 0.6) is 0 Å². The van der Waals surface area contributed by atoms with Crippen molar-refractivity contribution in [3.63, 3.8) is 0 Å². The average molecular weight is 280 g/mol. The molecule has 0 aliphatic rings. The SMILES string of the molecule is O=C(NC(CCO)c1ccccc1)c1ccc(Cl)o1. The number of furan rings is 1. The zero-order chi connectivity index (χ0) is 13.7. The van der Waals surface area contributed by atoms with E-state index in [1.54, 1.807) is 0 Å². The van der Waals surface area contributed by atoms with Crippen LogP contribution in [0.2, 0.25) is 5.22 Å². The number of hydrogen-bond donors (Lipinski definition) is 2. The van der Waals surface area contributed by atoms with Gasteiger partial charge in [0.15, 0.2) is 11.0 Å². The Balaban J connectivity index is 2.11. The molecule has 1 aromatic heterocycles. The van der Waals surface area contributed by atoms with Crippen LogP contribution in [0.4, 0.5) is 0 Å². The maximum atomic E-state index is 12.0. The fourth-order valence-electron chi connectivity index (χ4n) is 1.80. The monoisotopic (exact) mass is 279 g/mol. The van der Waals surface area contributed by atoms with Crippen LogP contribution in [-0.4, -0.2) is 17.6 Å². The average Bonchev–Trinajstić information content (AvgIpc) is 2.86. The molecule has 0 aliphatic carbocycles. The van der Waals surface area contributed by atoms with Gasteiger partial charge in [0.1, 0.15) is 0 Å². The molecule has 0 radical (unpaired) electrons. The van der Waals surface area contributed by atoms with E-state index in [4.69, 9.17) is 21.1 Å². The van der Waals surface area contributed by atoms with Gasteiger partial charge in [0.05, 0.1) is 6.04 Å². The Morgan fingerprint density at radius 1 is 1.26 bits per heavy atom. The van der Waals surface area contributed by atoms with Gasteiger partial charge in [0.25, 0.3) is 5.91 Å². The molecule has 1 amide bonds. The molecular weight excluding hydrogens is 266 g/mol. The number of carbonyl (C=O) groups is 1. The van der Waals surface area contributed by atoms with Gasteiger partial charge in [-0.25, -0.2) is 0 Å². The number of hydrogen-bond acceptors (Lipinski definition) is 3. The summed E-state index contributed by atoms with van der Waals surface area (Å²) >= 11 is 5.63. The molecule has 1 heterocycles. The molecule has 0 bridgehead atoms. The molecule has 2 rings (SSSR count). The van der Waals surface area contributed by atoms with Crippen molar-refractivity contribution in [3.05, 3.63) is 59.0 Å². The molecule has 0 spiro atoms. The van der Waals surface area contributed by atoms with Crippen LogP contribution >= 0.6 is 11.6 Å². The summed E-state index contributed by atoms with van der Waals surface area (Å²) in [6, 6.07) is 12.2. The minimum Gasteiger partial charge on any atom is -0.440 e. The molecule has 0 saturated carbocycles. The number of nitrogens with one attached hydrogen (secondary N) is 1. The number of halogens is 1. The van der Waals surface area contributed by atoms with Crippen molar-refractivity contribution in [2.75, 3.05) is 6.61 Å². The summed E-state index contributed by atoms with van der Waals surface area (Å²) in [4.78, 5) is 12.0. The largest absolute Gasteiger partial charge is 0.440 e. The Morgan fingerprint density at radius 2 is 2.00 bits per heavy atom. The first kappa shape index (κ1) is 13.6. The summed E-state index contributed by atoms with van der Waals surface area (Å²) in [5.41, 5.74) is 0.933. The van der Waals surface area contributed by atoms with Crippen molar-refractivity contribution < 1.29 is 14.3 Å². The highest BCUT2D eigenvalue weighted by atomic mass is 35.5. The molecule has 19 heavy (non-hydrogen) atoms. The minimum atomic E-state index is -0.353. The van der Waals surface area contributed by atoms with E-state index in [1.165, 1.54) is 12.1 Å². The second-order valence-electron chi connectivity index (χ2n) is 4.05. The number of aliphatic hydroxyl groups is 1. The van der Waals surface area contributed by atoms with Crippen molar-refractivity contribution in [2.24, 2.45) is 0 Å².